The molecule has 2 atom stereocenters. The molecule has 0 bridgehead atoms. The Morgan fingerprint density at radius 2 is 2.40 bits per heavy atom. The van der Waals surface area contributed by atoms with Gasteiger partial charge in [-0.15, -0.1) is 0 Å². The Morgan fingerprint density at radius 1 is 1.60 bits per heavy atom. The van der Waals surface area contributed by atoms with E-state index >= 15 is 0 Å². The molecule has 1 aromatic heterocycles. The van der Waals surface area contributed by atoms with Crippen molar-refractivity contribution in [2.45, 2.75) is 45.2 Å². The van der Waals surface area contributed by atoms with Gasteiger partial charge in [-0.05, 0) is 42.2 Å². The molecule has 0 spiro atoms. The van der Waals surface area contributed by atoms with Crippen LogP contribution in [0, 0.1) is 11.3 Å². The van der Waals surface area contributed by atoms with Crippen LogP contribution in [0.3, 0.4) is 0 Å². The van der Waals surface area contributed by atoms with Gasteiger partial charge >= 0.3 is 0 Å². The molecule has 15 heavy (non-hydrogen) atoms. The van der Waals surface area contributed by atoms with Crippen LogP contribution in [-0.4, -0.2) is 12.1 Å². The molecule has 1 N–H and O–H groups in total. The fourth-order valence-electron chi connectivity index (χ4n) is 1.65. The highest BCUT2D eigenvalue weighted by Crippen LogP contribution is 2.09. The van der Waals surface area contributed by atoms with Gasteiger partial charge in [0.05, 0.1) is 12.5 Å². The third kappa shape index (κ3) is 4.46. The van der Waals surface area contributed by atoms with E-state index in [-0.39, 0.29) is 0 Å². The molecule has 1 aromatic rings. The van der Waals surface area contributed by atoms with Crippen LogP contribution in [0.4, 0.5) is 0 Å². The van der Waals surface area contributed by atoms with Gasteiger partial charge in [0.1, 0.15) is 0 Å². The Balaban J connectivity index is 2.34. The average Bonchev–Trinajstić information content (AvgIpc) is 2.69. The van der Waals surface area contributed by atoms with Gasteiger partial charge in [-0.3, -0.25) is 0 Å². The molecule has 82 valence electrons. The lowest BCUT2D eigenvalue weighted by atomic mass is 10.1. The predicted octanol–water partition coefficient (Wildman–Crippen LogP) is 2.96. The highest BCUT2D eigenvalue weighted by molar-refractivity contribution is 7.07. The number of nitriles is 1. The van der Waals surface area contributed by atoms with Crippen LogP contribution < -0.4 is 5.32 Å². The molecule has 0 aliphatic heterocycles. The summed E-state index contributed by atoms with van der Waals surface area (Å²) in [4.78, 5) is 0. The second kappa shape index (κ2) is 6.60. The van der Waals surface area contributed by atoms with Crippen LogP contribution >= 0.6 is 11.3 Å². The van der Waals surface area contributed by atoms with Gasteiger partial charge in [-0.25, -0.2) is 0 Å². The molecule has 0 saturated heterocycles. The SMILES string of the molecule is CCC(CC#N)NC(C)Cc1ccsc1. The molecule has 0 aliphatic rings. The van der Waals surface area contributed by atoms with E-state index in [1.54, 1.807) is 11.3 Å². The topological polar surface area (TPSA) is 35.8 Å². The Labute approximate surface area is 95.9 Å². The lowest BCUT2D eigenvalue weighted by Crippen LogP contribution is -2.37. The minimum absolute atomic E-state index is 0.337. The van der Waals surface area contributed by atoms with E-state index < -0.39 is 0 Å². The first-order chi connectivity index (χ1) is 7.26. The summed E-state index contributed by atoms with van der Waals surface area (Å²) in [6.07, 6.45) is 2.66. The Kier molecular flexibility index (Phi) is 5.38. The Bertz CT molecular complexity index is 300. The standard InChI is InChI=1S/C12H18N2S/c1-3-12(4-6-13)14-10(2)8-11-5-7-15-9-11/h5,7,9-10,12,14H,3-4,8H2,1-2H3. The number of nitrogens with one attached hydrogen (secondary N) is 1. The summed E-state index contributed by atoms with van der Waals surface area (Å²) in [5.41, 5.74) is 1.38. The fraction of sp³-hybridized carbons (Fsp3) is 0.583. The first-order valence-electron chi connectivity index (χ1n) is 5.40. The normalized spacial score (nSPS) is 14.5. The molecule has 0 aliphatic carbocycles. The van der Waals surface area contributed by atoms with Crippen molar-refractivity contribution in [2.24, 2.45) is 0 Å². The van der Waals surface area contributed by atoms with Crippen molar-refractivity contribution in [3.63, 3.8) is 0 Å². The molecule has 1 rings (SSSR count). The van der Waals surface area contributed by atoms with E-state index in [1.165, 1.54) is 5.56 Å². The molecule has 0 aromatic carbocycles. The molecule has 0 radical (unpaired) electrons. The van der Waals surface area contributed by atoms with Crippen molar-refractivity contribution in [3.8, 4) is 6.07 Å². The van der Waals surface area contributed by atoms with Gasteiger partial charge in [0.25, 0.3) is 0 Å². The lowest BCUT2D eigenvalue weighted by Gasteiger charge is -2.19. The van der Waals surface area contributed by atoms with Crippen LogP contribution in [0.5, 0.6) is 0 Å². The van der Waals surface area contributed by atoms with Crippen LogP contribution in [0.25, 0.3) is 0 Å². The second-order valence-electron chi connectivity index (χ2n) is 3.87. The van der Waals surface area contributed by atoms with E-state index in [0.717, 1.165) is 12.8 Å². The van der Waals surface area contributed by atoms with Crippen molar-refractivity contribution in [2.75, 3.05) is 0 Å². The molecule has 0 saturated carbocycles. The summed E-state index contributed by atoms with van der Waals surface area (Å²) >= 11 is 1.74. The lowest BCUT2D eigenvalue weighted by molar-refractivity contribution is 0.436. The zero-order chi connectivity index (χ0) is 11.1. The van der Waals surface area contributed by atoms with Gasteiger partial charge < -0.3 is 5.32 Å². The van der Waals surface area contributed by atoms with E-state index in [0.29, 0.717) is 18.5 Å². The van der Waals surface area contributed by atoms with E-state index in [1.807, 2.05) is 0 Å². The first kappa shape index (κ1) is 12.2. The van der Waals surface area contributed by atoms with Crippen LogP contribution in [-0.2, 0) is 6.42 Å². The number of rotatable bonds is 6. The second-order valence-corrected chi connectivity index (χ2v) is 4.65. The Morgan fingerprint density at radius 3 is 2.93 bits per heavy atom. The Hall–Kier alpha value is -0.850. The minimum Gasteiger partial charge on any atom is -0.310 e. The zero-order valence-electron chi connectivity index (χ0n) is 9.36. The summed E-state index contributed by atoms with van der Waals surface area (Å²) in [5, 5.41) is 16.4. The van der Waals surface area contributed by atoms with E-state index in [9.17, 15) is 0 Å². The van der Waals surface area contributed by atoms with Crippen LogP contribution in [0.15, 0.2) is 16.8 Å². The third-order valence-corrected chi connectivity index (χ3v) is 3.20. The maximum absolute atomic E-state index is 8.65. The van der Waals surface area contributed by atoms with Gasteiger partial charge in [0.15, 0.2) is 0 Å². The predicted molar refractivity (Wildman–Crippen MR) is 64.9 cm³/mol. The van der Waals surface area contributed by atoms with Crippen molar-refractivity contribution < 1.29 is 0 Å². The van der Waals surface area contributed by atoms with Crippen LogP contribution in [0.1, 0.15) is 32.3 Å². The van der Waals surface area contributed by atoms with Gasteiger partial charge in [-0.2, -0.15) is 16.6 Å². The molecule has 0 amide bonds. The number of thiophene rings is 1. The highest BCUT2D eigenvalue weighted by Gasteiger charge is 2.10. The molecule has 2 unspecified atom stereocenters. The monoisotopic (exact) mass is 222 g/mol. The van der Waals surface area contributed by atoms with Crippen molar-refractivity contribution in [1.29, 1.82) is 5.26 Å². The number of nitrogens with zero attached hydrogens (tertiary/aromatic N) is 1. The molecule has 0 fully saturated rings. The first-order valence-corrected chi connectivity index (χ1v) is 6.34. The summed E-state index contributed by atoms with van der Waals surface area (Å²) in [6.45, 7) is 4.30. The smallest absolute Gasteiger partial charge is 0.0638 e. The molecular weight excluding hydrogens is 204 g/mol. The maximum atomic E-state index is 8.65. The van der Waals surface area contributed by atoms with Gasteiger partial charge in [-0.1, -0.05) is 6.92 Å². The van der Waals surface area contributed by atoms with Gasteiger partial charge in [0, 0.05) is 12.1 Å². The van der Waals surface area contributed by atoms with Crippen LogP contribution in [0.2, 0.25) is 0 Å². The van der Waals surface area contributed by atoms with Crippen molar-refractivity contribution in [1.82, 2.24) is 5.32 Å². The molecule has 2 nitrogen and oxygen atoms in total. The average molecular weight is 222 g/mol. The zero-order valence-corrected chi connectivity index (χ0v) is 10.2. The van der Waals surface area contributed by atoms with E-state index in [4.69, 9.17) is 5.26 Å². The van der Waals surface area contributed by atoms with Gasteiger partial charge in [0.2, 0.25) is 0 Å². The maximum Gasteiger partial charge on any atom is 0.0638 e. The summed E-state index contributed by atoms with van der Waals surface area (Å²) in [7, 11) is 0. The summed E-state index contributed by atoms with van der Waals surface area (Å²) in [6, 6.07) is 5.16. The summed E-state index contributed by atoms with van der Waals surface area (Å²) < 4.78 is 0. The van der Waals surface area contributed by atoms with Crippen molar-refractivity contribution in [3.05, 3.63) is 22.4 Å². The summed E-state index contributed by atoms with van der Waals surface area (Å²) in [5.74, 6) is 0. The highest BCUT2D eigenvalue weighted by atomic mass is 32.1. The quantitative estimate of drug-likeness (QED) is 0.803. The van der Waals surface area contributed by atoms with Crippen molar-refractivity contribution >= 4 is 11.3 Å². The number of hydrogen-bond donors (Lipinski definition) is 1. The molecule has 3 heteroatoms. The number of hydrogen-bond acceptors (Lipinski definition) is 3. The van der Waals surface area contributed by atoms with E-state index in [2.05, 4.69) is 42.1 Å². The minimum atomic E-state index is 0.337. The third-order valence-electron chi connectivity index (χ3n) is 2.47. The largest absolute Gasteiger partial charge is 0.310 e. The fourth-order valence-corrected chi connectivity index (χ4v) is 2.34. The molecule has 1 heterocycles. The molecular formula is C12H18N2S.